The quantitative estimate of drug-likeness (QED) is 0.790. The molecule has 0 fully saturated rings. The highest BCUT2D eigenvalue weighted by molar-refractivity contribution is 5.82. The van der Waals surface area contributed by atoms with Crippen LogP contribution in [-0.4, -0.2) is 18.8 Å². The molecule has 2 nitrogen and oxygen atoms in total. The third-order valence-electron chi connectivity index (χ3n) is 3.16. The van der Waals surface area contributed by atoms with E-state index < -0.39 is 24.7 Å². The van der Waals surface area contributed by atoms with Crippen LogP contribution in [0, 0.1) is 6.92 Å². The summed E-state index contributed by atoms with van der Waals surface area (Å²) in [7, 11) is 0. The summed E-state index contributed by atoms with van der Waals surface area (Å²) in [6.07, 6.45) is -4.54. The van der Waals surface area contributed by atoms with Crippen LogP contribution in [0.25, 0.3) is 0 Å². The Balaban J connectivity index is 2.30. The van der Waals surface area contributed by atoms with E-state index >= 15 is 0 Å². The first-order valence-electron chi connectivity index (χ1n) is 6.72. The maximum atomic E-state index is 12.3. The largest absolute Gasteiger partial charge is 0.455 e. The van der Waals surface area contributed by atoms with Crippen molar-refractivity contribution in [3.63, 3.8) is 0 Å². The Labute approximate surface area is 126 Å². The van der Waals surface area contributed by atoms with E-state index in [4.69, 9.17) is 0 Å². The molecule has 0 spiro atoms. The van der Waals surface area contributed by atoms with Gasteiger partial charge in [-0.1, -0.05) is 60.2 Å². The average molecular weight is 308 g/mol. The van der Waals surface area contributed by atoms with Gasteiger partial charge in [0.25, 0.3) is 0 Å². The van der Waals surface area contributed by atoms with Crippen LogP contribution in [0.15, 0.2) is 54.6 Å². The molecule has 116 valence electrons. The fourth-order valence-electron chi connectivity index (χ4n) is 2.11. The van der Waals surface area contributed by atoms with Crippen molar-refractivity contribution >= 4 is 5.97 Å². The van der Waals surface area contributed by atoms with Crippen molar-refractivity contribution in [2.75, 3.05) is 6.61 Å². The second-order valence-corrected chi connectivity index (χ2v) is 4.98. The van der Waals surface area contributed by atoms with Crippen LogP contribution >= 0.6 is 0 Å². The molecule has 0 aliphatic carbocycles. The first-order valence-corrected chi connectivity index (χ1v) is 6.72. The van der Waals surface area contributed by atoms with Gasteiger partial charge in [-0.05, 0) is 18.1 Å². The van der Waals surface area contributed by atoms with Crippen molar-refractivity contribution in [3.8, 4) is 0 Å². The Kier molecular flexibility index (Phi) is 4.85. The predicted molar refractivity (Wildman–Crippen MR) is 76.5 cm³/mol. The van der Waals surface area contributed by atoms with Crippen molar-refractivity contribution in [1.82, 2.24) is 0 Å². The fourth-order valence-corrected chi connectivity index (χ4v) is 2.11. The van der Waals surface area contributed by atoms with Crippen LogP contribution in [0.1, 0.15) is 22.6 Å². The van der Waals surface area contributed by atoms with E-state index in [1.54, 1.807) is 42.5 Å². The summed E-state index contributed by atoms with van der Waals surface area (Å²) in [5, 5.41) is 0. The third kappa shape index (κ3) is 4.35. The Hall–Kier alpha value is -2.30. The number of carbonyl (C=O) groups excluding carboxylic acids is 1. The number of halogens is 3. The standard InChI is InChI=1S/C17H15F3O2/c1-12-7-9-14(10-8-12)15(13-5-3-2-4-6-13)16(21)22-11-17(18,19)20/h2-10,15H,11H2,1H3. The molecule has 0 aliphatic rings. The first-order chi connectivity index (χ1) is 10.4. The number of rotatable bonds is 4. The second kappa shape index (κ2) is 6.64. The summed E-state index contributed by atoms with van der Waals surface area (Å²) in [6.45, 7) is 0.310. The zero-order valence-corrected chi connectivity index (χ0v) is 11.9. The van der Waals surface area contributed by atoms with Gasteiger partial charge in [0.05, 0.1) is 0 Å². The van der Waals surface area contributed by atoms with E-state index in [-0.39, 0.29) is 0 Å². The molecule has 2 rings (SSSR count). The van der Waals surface area contributed by atoms with E-state index in [0.29, 0.717) is 11.1 Å². The molecular weight excluding hydrogens is 293 g/mol. The Morgan fingerprint density at radius 2 is 1.55 bits per heavy atom. The Morgan fingerprint density at radius 1 is 1.00 bits per heavy atom. The predicted octanol–water partition coefficient (Wildman–Crippen LogP) is 4.23. The second-order valence-electron chi connectivity index (χ2n) is 4.98. The minimum absolute atomic E-state index is 0.596. The molecule has 0 saturated carbocycles. The number of hydrogen-bond donors (Lipinski definition) is 0. The normalized spacial score (nSPS) is 12.7. The number of hydrogen-bond acceptors (Lipinski definition) is 2. The molecule has 0 aromatic heterocycles. The molecule has 0 N–H and O–H groups in total. The zero-order chi connectivity index (χ0) is 16.2. The van der Waals surface area contributed by atoms with Gasteiger partial charge in [0.2, 0.25) is 0 Å². The molecule has 0 heterocycles. The van der Waals surface area contributed by atoms with Crippen molar-refractivity contribution in [1.29, 1.82) is 0 Å². The summed E-state index contributed by atoms with van der Waals surface area (Å²) in [5.41, 5.74) is 2.20. The van der Waals surface area contributed by atoms with Gasteiger partial charge >= 0.3 is 12.1 Å². The number of alkyl halides is 3. The van der Waals surface area contributed by atoms with Crippen LogP contribution in [0.4, 0.5) is 13.2 Å². The van der Waals surface area contributed by atoms with Gasteiger partial charge in [0.15, 0.2) is 6.61 Å². The SMILES string of the molecule is Cc1ccc(C(C(=O)OCC(F)(F)F)c2ccccc2)cc1. The summed E-state index contributed by atoms with van der Waals surface area (Å²) < 4.78 is 41.2. The molecule has 0 amide bonds. The maximum Gasteiger partial charge on any atom is 0.422 e. The minimum Gasteiger partial charge on any atom is -0.455 e. The summed E-state index contributed by atoms with van der Waals surface area (Å²) in [5.74, 6) is -1.78. The number of carbonyl (C=O) groups is 1. The highest BCUT2D eigenvalue weighted by Gasteiger charge is 2.32. The average Bonchev–Trinajstić information content (AvgIpc) is 2.48. The molecular formula is C17H15F3O2. The van der Waals surface area contributed by atoms with Crippen LogP contribution in [0.3, 0.4) is 0 Å². The summed E-state index contributed by atoms with van der Waals surface area (Å²) in [4.78, 5) is 12.2. The molecule has 2 aromatic carbocycles. The number of benzene rings is 2. The van der Waals surface area contributed by atoms with Gasteiger partial charge in [-0.2, -0.15) is 13.2 Å². The van der Waals surface area contributed by atoms with Crippen molar-refractivity contribution in [2.24, 2.45) is 0 Å². The van der Waals surface area contributed by atoms with Gasteiger partial charge in [-0.15, -0.1) is 0 Å². The van der Waals surface area contributed by atoms with Crippen LogP contribution < -0.4 is 0 Å². The molecule has 0 bridgehead atoms. The first kappa shape index (κ1) is 16.1. The van der Waals surface area contributed by atoms with Gasteiger partial charge < -0.3 is 4.74 Å². The lowest BCUT2D eigenvalue weighted by Crippen LogP contribution is -2.24. The Bertz CT molecular complexity index is 619. The van der Waals surface area contributed by atoms with Crippen molar-refractivity contribution < 1.29 is 22.7 Å². The minimum atomic E-state index is -4.54. The molecule has 0 aliphatic heterocycles. The molecule has 2 aromatic rings. The monoisotopic (exact) mass is 308 g/mol. The smallest absolute Gasteiger partial charge is 0.422 e. The van der Waals surface area contributed by atoms with Crippen molar-refractivity contribution in [3.05, 3.63) is 71.3 Å². The highest BCUT2D eigenvalue weighted by Crippen LogP contribution is 2.27. The van der Waals surface area contributed by atoms with Crippen LogP contribution in [-0.2, 0) is 9.53 Å². The van der Waals surface area contributed by atoms with E-state index in [9.17, 15) is 18.0 Å². The zero-order valence-electron chi connectivity index (χ0n) is 11.9. The Morgan fingerprint density at radius 3 is 2.09 bits per heavy atom. The molecule has 1 unspecified atom stereocenters. The number of ether oxygens (including phenoxy) is 1. The lowest BCUT2D eigenvalue weighted by atomic mass is 9.91. The van der Waals surface area contributed by atoms with E-state index in [2.05, 4.69) is 4.74 Å². The lowest BCUT2D eigenvalue weighted by Gasteiger charge is -2.18. The lowest BCUT2D eigenvalue weighted by molar-refractivity contribution is -0.186. The van der Waals surface area contributed by atoms with Crippen LogP contribution in [0.2, 0.25) is 0 Å². The van der Waals surface area contributed by atoms with E-state index in [1.165, 1.54) is 0 Å². The summed E-state index contributed by atoms with van der Waals surface area (Å²) >= 11 is 0. The number of aryl methyl sites for hydroxylation is 1. The fraction of sp³-hybridized carbons (Fsp3) is 0.235. The van der Waals surface area contributed by atoms with Gasteiger partial charge in [-0.25, -0.2) is 0 Å². The molecule has 22 heavy (non-hydrogen) atoms. The maximum absolute atomic E-state index is 12.3. The topological polar surface area (TPSA) is 26.3 Å². The number of esters is 1. The molecule has 5 heteroatoms. The van der Waals surface area contributed by atoms with Gasteiger partial charge in [0, 0.05) is 0 Å². The van der Waals surface area contributed by atoms with Crippen LogP contribution in [0.5, 0.6) is 0 Å². The van der Waals surface area contributed by atoms with Gasteiger partial charge in [0.1, 0.15) is 5.92 Å². The van der Waals surface area contributed by atoms with E-state index in [1.807, 2.05) is 19.1 Å². The molecule has 0 saturated heterocycles. The van der Waals surface area contributed by atoms with Gasteiger partial charge in [-0.3, -0.25) is 4.79 Å². The molecule has 1 atom stereocenters. The van der Waals surface area contributed by atoms with Crippen molar-refractivity contribution in [2.45, 2.75) is 19.0 Å². The van der Waals surface area contributed by atoms with E-state index in [0.717, 1.165) is 5.56 Å². The third-order valence-corrected chi connectivity index (χ3v) is 3.16. The molecule has 0 radical (unpaired) electrons. The highest BCUT2D eigenvalue weighted by atomic mass is 19.4. The summed E-state index contributed by atoms with van der Waals surface area (Å²) in [6, 6.07) is 15.7.